The third-order valence-electron chi connectivity index (χ3n) is 4.50. The molecule has 0 radical (unpaired) electrons. The second-order valence-corrected chi connectivity index (χ2v) is 7.85. The van der Waals surface area contributed by atoms with Crippen molar-refractivity contribution in [2.75, 3.05) is 25.2 Å². The first-order valence-electron chi connectivity index (χ1n) is 8.55. The van der Waals surface area contributed by atoms with E-state index in [9.17, 15) is 10.2 Å². The second kappa shape index (κ2) is 8.63. The van der Waals surface area contributed by atoms with Gasteiger partial charge in [0.05, 0.1) is 0 Å². The first-order chi connectivity index (χ1) is 11.9. The first-order valence-corrected chi connectivity index (χ1v) is 9.70. The van der Waals surface area contributed by atoms with Crippen LogP contribution in [0.4, 0.5) is 0 Å². The average molecular weight is 365 g/mol. The lowest BCUT2D eigenvalue weighted by Gasteiger charge is -2.37. The van der Waals surface area contributed by atoms with Crippen molar-refractivity contribution in [3.63, 3.8) is 0 Å². The van der Waals surface area contributed by atoms with E-state index in [2.05, 4.69) is 6.58 Å². The number of thioether (sulfide) groups is 1. The van der Waals surface area contributed by atoms with E-state index in [1.165, 1.54) is 6.07 Å². The lowest BCUT2D eigenvalue weighted by atomic mass is 9.96. The lowest BCUT2D eigenvalue weighted by Crippen LogP contribution is -2.42. The normalized spacial score (nSPS) is 15.4. The van der Waals surface area contributed by atoms with Gasteiger partial charge in [-0.1, -0.05) is 20.4 Å². The molecule has 1 aliphatic rings. The van der Waals surface area contributed by atoms with Crippen molar-refractivity contribution in [3.05, 3.63) is 29.8 Å². The van der Waals surface area contributed by atoms with Gasteiger partial charge in [-0.3, -0.25) is 5.41 Å². The maximum atomic E-state index is 10.4. The number of amidine groups is 1. The zero-order valence-corrected chi connectivity index (χ0v) is 16.0. The molecule has 1 aliphatic heterocycles. The van der Waals surface area contributed by atoms with Crippen molar-refractivity contribution in [1.29, 1.82) is 5.41 Å². The Balaban J connectivity index is 2.41. The number of hydrogen-bond donors (Lipinski definition) is 3. The highest BCUT2D eigenvalue weighted by Gasteiger charge is 2.28. The Labute approximate surface area is 154 Å². The summed E-state index contributed by atoms with van der Waals surface area (Å²) in [6.07, 6.45) is 1.93. The minimum atomic E-state index is -0.0210. The lowest BCUT2D eigenvalue weighted by molar-refractivity contribution is 0.229. The number of rotatable bonds is 6. The molecule has 1 aromatic rings. The van der Waals surface area contributed by atoms with E-state index in [0.29, 0.717) is 17.1 Å². The minimum absolute atomic E-state index is 0.0210. The molecule has 1 saturated heterocycles. The number of aromatic hydroxyl groups is 2. The Kier molecular flexibility index (Phi) is 6.79. The summed E-state index contributed by atoms with van der Waals surface area (Å²) < 4.78 is 5.16. The molecule has 0 bridgehead atoms. The Hall–Kier alpha value is -1.66. The van der Waals surface area contributed by atoms with Crippen molar-refractivity contribution in [2.45, 2.75) is 38.6 Å². The van der Waals surface area contributed by atoms with Gasteiger partial charge in [-0.05, 0) is 41.9 Å². The molecule has 0 spiro atoms. The molecule has 1 fully saturated rings. The summed E-state index contributed by atoms with van der Waals surface area (Å²) >= 11 is 1.92. The van der Waals surface area contributed by atoms with Crippen LogP contribution in [0.15, 0.2) is 18.7 Å². The zero-order chi connectivity index (χ0) is 18.6. The predicted molar refractivity (Wildman–Crippen MR) is 105 cm³/mol. The van der Waals surface area contributed by atoms with Crippen molar-refractivity contribution in [1.82, 2.24) is 4.90 Å². The molecule has 0 atom stereocenters. The van der Waals surface area contributed by atoms with Gasteiger partial charge in [0.15, 0.2) is 0 Å². The van der Waals surface area contributed by atoms with E-state index in [4.69, 9.17) is 10.1 Å². The largest absolute Gasteiger partial charge is 0.508 e. The Morgan fingerprint density at radius 1 is 1.32 bits per heavy atom. The van der Waals surface area contributed by atoms with E-state index in [1.807, 2.05) is 30.5 Å². The number of nitrogens with one attached hydrogen (secondary N) is 1. The molecular weight excluding hydrogens is 336 g/mol. The van der Waals surface area contributed by atoms with Crippen molar-refractivity contribution in [3.8, 4) is 11.5 Å². The molecule has 0 amide bonds. The zero-order valence-electron chi connectivity index (χ0n) is 15.2. The third kappa shape index (κ3) is 4.50. The highest BCUT2D eigenvalue weighted by atomic mass is 32.2. The summed E-state index contributed by atoms with van der Waals surface area (Å²) in [4.78, 5) is 1.89. The van der Waals surface area contributed by atoms with E-state index in [-0.39, 0.29) is 30.1 Å². The maximum Gasteiger partial charge on any atom is 0.128 e. The number of nitrogens with zero attached hydrogens (tertiary/aromatic N) is 1. The van der Waals surface area contributed by atoms with E-state index in [0.717, 1.165) is 29.9 Å². The highest BCUT2D eigenvalue weighted by Crippen LogP contribution is 2.38. The number of benzene rings is 1. The summed E-state index contributed by atoms with van der Waals surface area (Å²) in [5.74, 6) is 2.61. The van der Waals surface area contributed by atoms with Crippen molar-refractivity contribution >= 4 is 23.3 Å². The van der Waals surface area contributed by atoms with E-state index < -0.39 is 0 Å². The van der Waals surface area contributed by atoms with Crippen molar-refractivity contribution < 1.29 is 14.9 Å². The minimum Gasteiger partial charge on any atom is -0.508 e. The Morgan fingerprint density at radius 2 is 1.96 bits per heavy atom. The molecule has 6 heteroatoms. The second-order valence-electron chi connectivity index (χ2n) is 6.62. The quantitative estimate of drug-likeness (QED) is 0.525. The highest BCUT2D eigenvalue weighted by molar-refractivity contribution is 7.99. The summed E-state index contributed by atoms with van der Waals surface area (Å²) in [7, 11) is 1.57. The summed E-state index contributed by atoms with van der Waals surface area (Å²) in [6, 6.07) is 3.32. The fourth-order valence-electron chi connectivity index (χ4n) is 3.17. The maximum absolute atomic E-state index is 10.4. The molecule has 3 N–H and O–H groups in total. The number of ether oxygens (including phenoxy) is 1. The number of hydrogen-bond acceptors (Lipinski definition) is 5. The molecule has 1 aromatic carbocycles. The van der Waals surface area contributed by atoms with Gasteiger partial charge < -0.3 is 19.8 Å². The van der Waals surface area contributed by atoms with Crippen LogP contribution in [0.25, 0.3) is 5.70 Å². The van der Waals surface area contributed by atoms with Gasteiger partial charge in [-0.25, -0.2) is 0 Å². The molecule has 1 heterocycles. The van der Waals surface area contributed by atoms with Gasteiger partial charge >= 0.3 is 0 Å². The third-order valence-corrected chi connectivity index (χ3v) is 5.55. The molecular formula is C19H28N2O3S. The predicted octanol–water partition coefficient (Wildman–Crippen LogP) is 4.01. The molecule has 0 saturated carbocycles. The van der Waals surface area contributed by atoms with Crippen LogP contribution in [0.2, 0.25) is 0 Å². The van der Waals surface area contributed by atoms with Crippen LogP contribution in [-0.2, 0) is 4.74 Å². The molecule has 0 aliphatic carbocycles. The van der Waals surface area contributed by atoms with E-state index in [1.54, 1.807) is 13.2 Å². The van der Waals surface area contributed by atoms with E-state index >= 15 is 0 Å². The molecule has 0 unspecified atom stereocenters. The summed E-state index contributed by atoms with van der Waals surface area (Å²) in [6.45, 7) is 8.34. The molecule has 5 nitrogen and oxygen atoms in total. The Bertz CT molecular complexity index is 640. The van der Waals surface area contributed by atoms with Gasteiger partial charge in [0.25, 0.3) is 0 Å². The average Bonchev–Trinajstić information content (AvgIpc) is 2.55. The Morgan fingerprint density at radius 3 is 2.52 bits per heavy atom. The molecule has 138 valence electrons. The van der Waals surface area contributed by atoms with Crippen LogP contribution in [0, 0.1) is 5.41 Å². The first kappa shape index (κ1) is 19.7. The fourth-order valence-corrected chi connectivity index (χ4v) is 4.25. The topological polar surface area (TPSA) is 76.8 Å². The SMILES string of the molecule is C=C(c1cc(C(C)C)c(O)cc1O)N(C(=N)COC)C1CCSCC1. The van der Waals surface area contributed by atoms with Gasteiger partial charge in [0.1, 0.15) is 23.9 Å². The molecule has 25 heavy (non-hydrogen) atoms. The summed E-state index contributed by atoms with van der Waals surface area (Å²) in [5.41, 5.74) is 1.89. The van der Waals surface area contributed by atoms with Gasteiger partial charge in [-0.2, -0.15) is 11.8 Å². The van der Waals surface area contributed by atoms with Crippen LogP contribution >= 0.6 is 11.8 Å². The van der Waals surface area contributed by atoms with Crippen molar-refractivity contribution in [2.24, 2.45) is 0 Å². The van der Waals surface area contributed by atoms with Crippen LogP contribution < -0.4 is 0 Å². The monoisotopic (exact) mass is 364 g/mol. The van der Waals surface area contributed by atoms with Crippen LogP contribution in [0.5, 0.6) is 11.5 Å². The fraction of sp³-hybridized carbons (Fsp3) is 0.526. The van der Waals surface area contributed by atoms with Gasteiger partial charge in [0, 0.05) is 30.5 Å². The number of methoxy groups -OCH3 is 1. The van der Waals surface area contributed by atoms with Crippen LogP contribution in [0.3, 0.4) is 0 Å². The summed E-state index contributed by atoms with van der Waals surface area (Å²) in [5, 5.41) is 28.9. The van der Waals surface area contributed by atoms with Crippen LogP contribution in [-0.4, -0.2) is 52.2 Å². The van der Waals surface area contributed by atoms with Crippen LogP contribution in [0.1, 0.15) is 43.7 Å². The number of phenolic OH excluding ortho intramolecular Hbond substituents is 2. The molecule has 0 aromatic heterocycles. The molecule has 2 rings (SSSR count). The smallest absolute Gasteiger partial charge is 0.128 e. The van der Waals surface area contributed by atoms with Gasteiger partial charge in [0.2, 0.25) is 0 Å². The number of phenols is 2. The van der Waals surface area contributed by atoms with Gasteiger partial charge in [-0.15, -0.1) is 0 Å². The standard InChI is InChI=1S/C19H28N2O3S/c1-12(2)15-9-16(18(23)10-17(15)22)13(3)21(19(20)11-24-4)14-5-7-25-8-6-14/h9-10,12,14,20,22-23H,3,5-8,11H2,1-2,4H3.